The van der Waals surface area contributed by atoms with E-state index in [0.29, 0.717) is 5.92 Å². The number of nitrogens with zero attached hydrogens (tertiary/aromatic N) is 1. The molecule has 5 nitrogen and oxygen atoms in total. The van der Waals surface area contributed by atoms with Crippen LogP contribution in [0.3, 0.4) is 0 Å². The summed E-state index contributed by atoms with van der Waals surface area (Å²) in [5.41, 5.74) is -0.446. The quantitative estimate of drug-likeness (QED) is 0.818. The molecule has 1 heterocycles. The molecule has 1 fully saturated rings. The summed E-state index contributed by atoms with van der Waals surface area (Å²) in [5.74, 6) is 0.409. The predicted molar refractivity (Wildman–Crippen MR) is 84.3 cm³/mol. The van der Waals surface area contributed by atoms with Gasteiger partial charge in [0.25, 0.3) is 0 Å². The lowest BCUT2D eigenvalue weighted by molar-refractivity contribution is 0.0143. The van der Waals surface area contributed by atoms with Gasteiger partial charge in [-0.25, -0.2) is 4.79 Å². The molecule has 0 aromatic carbocycles. The highest BCUT2D eigenvalue weighted by molar-refractivity contribution is 5.68. The van der Waals surface area contributed by atoms with Crippen molar-refractivity contribution in [2.45, 2.75) is 71.6 Å². The highest BCUT2D eigenvalue weighted by Gasteiger charge is 2.30. The first-order valence-corrected chi connectivity index (χ1v) is 8.11. The molecule has 0 bridgehead atoms. The van der Waals surface area contributed by atoms with Crippen LogP contribution in [-0.4, -0.2) is 53.5 Å². The number of carbonyl (C=O) groups is 1. The van der Waals surface area contributed by atoms with Crippen LogP contribution < -0.4 is 5.32 Å². The number of aliphatic hydroxyl groups excluding tert-OH is 1. The smallest absolute Gasteiger partial charge is 0.410 e. The number of hydrogen-bond donors (Lipinski definition) is 2. The topological polar surface area (TPSA) is 61.8 Å². The number of piperidine rings is 1. The maximum absolute atomic E-state index is 12.2. The second kappa shape index (κ2) is 7.99. The lowest BCUT2D eigenvalue weighted by atomic mass is 9.91. The lowest BCUT2D eigenvalue weighted by Crippen LogP contribution is -2.50. The third-order valence-electron chi connectivity index (χ3n) is 4.03. The zero-order valence-corrected chi connectivity index (χ0v) is 14.2. The largest absolute Gasteiger partial charge is 0.444 e. The second-order valence-corrected chi connectivity index (χ2v) is 7.07. The summed E-state index contributed by atoms with van der Waals surface area (Å²) >= 11 is 0. The molecule has 124 valence electrons. The fourth-order valence-electron chi connectivity index (χ4n) is 2.72. The van der Waals surface area contributed by atoms with Crippen molar-refractivity contribution >= 4 is 6.09 Å². The third kappa shape index (κ3) is 6.22. The van der Waals surface area contributed by atoms with Crippen molar-refractivity contribution in [3.63, 3.8) is 0 Å². The molecule has 21 heavy (non-hydrogen) atoms. The van der Waals surface area contributed by atoms with Crippen LogP contribution in [-0.2, 0) is 4.74 Å². The first-order chi connectivity index (χ1) is 9.76. The van der Waals surface area contributed by atoms with E-state index < -0.39 is 5.60 Å². The number of ether oxygens (including phenoxy) is 1. The molecular weight excluding hydrogens is 268 g/mol. The van der Waals surface area contributed by atoms with Gasteiger partial charge in [0.1, 0.15) is 5.60 Å². The standard InChI is InChI=1S/C16H32N2O3/c1-6-14(11-19)17-12(2)13-8-7-9-18(10-13)15(20)21-16(3,4)5/h12-14,17,19H,6-11H2,1-5H3. The van der Waals surface area contributed by atoms with E-state index in [0.717, 1.165) is 32.4 Å². The van der Waals surface area contributed by atoms with Crippen molar-refractivity contribution in [2.75, 3.05) is 19.7 Å². The van der Waals surface area contributed by atoms with Crippen LogP contribution in [0.2, 0.25) is 0 Å². The SMILES string of the molecule is CCC(CO)NC(C)C1CCCN(C(=O)OC(C)(C)C)C1. The molecule has 0 aliphatic carbocycles. The number of rotatable bonds is 5. The van der Waals surface area contributed by atoms with Crippen LogP contribution in [0.25, 0.3) is 0 Å². The molecule has 3 atom stereocenters. The van der Waals surface area contributed by atoms with Gasteiger partial charge in [-0.05, 0) is 52.9 Å². The maximum Gasteiger partial charge on any atom is 0.410 e. The Morgan fingerprint density at radius 2 is 2.14 bits per heavy atom. The van der Waals surface area contributed by atoms with Crippen LogP contribution in [0.15, 0.2) is 0 Å². The molecule has 0 aromatic heterocycles. The van der Waals surface area contributed by atoms with E-state index >= 15 is 0 Å². The van der Waals surface area contributed by atoms with E-state index in [1.807, 2.05) is 25.7 Å². The molecule has 0 radical (unpaired) electrons. The molecule has 1 rings (SSSR count). The highest BCUT2D eigenvalue weighted by atomic mass is 16.6. The van der Waals surface area contributed by atoms with Gasteiger partial charge in [0.15, 0.2) is 0 Å². The number of amides is 1. The van der Waals surface area contributed by atoms with Gasteiger partial charge in [-0.1, -0.05) is 6.92 Å². The third-order valence-corrected chi connectivity index (χ3v) is 4.03. The first-order valence-electron chi connectivity index (χ1n) is 8.11. The van der Waals surface area contributed by atoms with Gasteiger partial charge in [0, 0.05) is 25.2 Å². The lowest BCUT2D eigenvalue weighted by Gasteiger charge is -2.37. The van der Waals surface area contributed by atoms with Gasteiger partial charge < -0.3 is 20.1 Å². The molecule has 0 saturated carbocycles. The average molecular weight is 300 g/mol. The molecule has 1 aliphatic heterocycles. The molecule has 1 amide bonds. The molecule has 1 aliphatic rings. The van der Waals surface area contributed by atoms with Crippen molar-refractivity contribution in [2.24, 2.45) is 5.92 Å². The molecule has 5 heteroatoms. The number of aliphatic hydroxyl groups is 1. The van der Waals surface area contributed by atoms with Gasteiger partial charge in [-0.3, -0.25) is 0 Å². The molecule has 2 N–H and O–H groups in total. The normalized spacial score (nSPS) is 22.8. The zero-order valence-electron chi connectivity index (χ0n) is 14.2. The highest BCUT2D eigenvalue weighted by Crippen LogP contribution is 2.22. The van der Waals surface area contributed by atoms with E-state index in [9.17, 15) is 9.90 Å². The molecule has 3 unspecified atom stereocenters. The van der Waals surface area contributed by atoms with E-state index in [4.69, 9.17) is 4.74 Å². The number of nitrogens with one attached hydrogen (secondary N) is 1. The average Bonchev–Trinajstić information content (AvgIpc) is 2.42. The van der Waals surface area contributed by atoms with E-state index in [-0.39, 0.29) is 24.8 Å². The summed E-state index contributed by atoms with van der Waals surface area (Å²) in [4.78, 5) is 14.0. The van der Waals surface area contributed by atoms with Crippen molar-refractivity contribution in [3.8, 4) is 0 Å². The minimum Gasteiger partial charge on any atom is -0.444 e. The predicted octanol–water partition coefficient (Wildman–Crippen LogP) is 2.38. The summed E-state index contributed by atoms with van der Waals surface area (Å²) in [6, 6.07) is 0.421. The Labute approximate surface area is 129 Å². The Morgan fingerprint density at radius 1 is 1.48 bits per heavy atom. The summed E-state index contributed by atoms with van der Waals surface area (Å²) < 4.78 is 5.46. The zero-order chi connectivity index (χ0) is 16.0. The van der Waals surface area contributed by atoms with Crippen LogP contribution >= 0.6 is 0 Å². The number of carbonyl (C=O) groups excluding carboxylic acids is 1. The van der Waals surface area contributed by atoms with Gasteiger partial charge >= 0.3 is 6.09 Å². The minimum absolute atomic E-state index is 0.136. The molecule has 1 saturated heterocycles. The number of hydrogen-bond acceptors (Lipinski definition) is 4. The van der Waals surface area contributed by atoms with E-state index in [2.05, 4.69) is 19.2 Å². The monoisotopic (exact) mass is 300 g/mol. The minimum atomic E-state index is -0.446. The van der Waals surface area contributed by atoms with Crippen LogP contribution in [0.4, 0.5) is 4.79 Å². The van der Waals surface area contributed by atoms with E-state index in [1.54, 1.807) is 0 Å². The van der Waals surface area contributed by atoms with Crippen LogP contribution in [0.5, 0.6) is 0 Å². The Hall–Kier alpha value is -0.810. The van der Waals surface area contributed by atoms with Gasteiger partial charge in [-0.2, -0.15) is 0 Å². The van der Waals surface area contributed by atoms with Gasteiger partial charge in [0.05, 0.1) is 6.61 Å². The van der Waals surface area contributed by atoms with Gasteiger partial charge in [0.2, 0.25) is 0 Å². The maximum atomic E-state index is 12.2. The Bertz CT molecular complexity index is 324. The van der Waals surface area contributed by atoms with Gasteiger partial charge in [-0.15, -0.1) is 0 Å². The summed E-state index contributed by atoms with van der Waals surface area (Å²) in [6.45, 7) is 11.5. The van der Waals surface area contributed by atoms with E-state index in [1.165, 1.54) is 0 Å². The molecule has 0 spiro atoms. The van der Waals surface area contributed by atoms with Crippen LogP contribution in [0, 0.1) is 5.92 Å². The fourth-order valence-corrected chi connectivity index (χ4v) is 2.72. The summed E-state index contributed by atoms with van der Waals surface area (Å²) in [5, 5.41) is 12.8. The summed E-state index contributed by atoms with van der Waals surface area (Å²) in [6.07, 6.45) is 2.80. The molecule has 0 aromatic rings. The van der Waals surface area contributed by atoms with Crippen molar-refractivity contribution in [1.82, 2.24) is 10.2 Å². The second-order valence-electron chi connectivity index (χ2n) is 7.07. The van der Waals surface area contributed by atoms with Crippen molar-refractivity contribution < 1.29 is 14.6 Å². The first kappa shape index (κ1) is 18.2. The Morgan fingerprint density at radius 3 is 2.67 bits per heavy atom. The summed E-state index contributed by atoms with van der Waals surface area (Å²) in [7, 11) is 0. The fraction of sp³-hybridized carbons (Fsp3) is 0.938. The van der Waals surface area contributed by atoms with Crippen LogP contribution in [0.1, 0.15) is 53.9 Å². The molecular formula is C16H32N2O3. The van der Waals surface area contributed by atoms with Crippen molar-refractivity contribution in [1.29, 1.82) is 0 Å². The van der Waals surface area contributed by atoms with Crippen molar-refractivity contribution in [3.05, 3.63) is 0 Å². The Balaban J connectivity index is 2.53. The number of likely N-dealkylation sites (tertiary alicyclic amines) is 1. The Kier molecular flexibility index (Phi) is 6.94.